The van der Waals surface area contributed by atoms with E-state index in [2.05, 4.69) is 5.32 Å². The molecular formula is C23H23FN2O4S. The van der Waals surface area contributed by atoms with Crippen molar-refractivity contribution in [1.29, 1.82) is 0 Å². The lowest BCUT2D eigenvalue weighted by atomic mass is 10.1. The standard InChI is InChI=1S/C23H23FN2O4S/c1-3-26(31(28,29)22-13-11-21(30-2)12-14-22)16-17-7-9-18(10-8-17)23(27)25-20-6-4-5-19(24)15-20/h4-15H,3,16H2,1-2H3,(H,25,27). The third-order valence-corrected chi connectivity index (χ3v) is 6.64. The van der Waals surface area contributed by atoms with E-state index in [0.29, 0.717) is 17.0 Å². The third-order valence-electron chi connectivity index (χ3n) is 4.71. The highest BCUT2D eigenvalue weighted by atomic mass is 32.2. The van der Waals surface area contributed by atoms with Gasteiger partial charge in [0.15, 0.2) is 0 Å². The van der Waals surface area contributed by atoms with Crippen LogP contribution in [0.1, 0.15) is 22.8 Å². The van der Waals surface area contributed by atoms with E-state index < -0.39 is 15.8 Å². The number of anilines is 1. The number of methoxy groups -OCH3 is 1. The molecule has 0 atom stereocenters. The maximum absolute atomic E-state index is 13.3. The average Bonchev–Trinajstić information content (AvgIpc) is 2.77. The molecule has 162 valence electrons. The van der Waals surface area contributed by atoms with E-state index in [4.69, 9.17) is 4.74 Å². The van der Waals surface area contributed by atoms with Crippen LogP contribution in [0.5, 0.6) is 5.75 Å². The van der Waals surface area contributed by atoms with E-state index in [1.54, 1.807) is 49.4 Å². The summed E-state index contributed by atoms with van der Waals surface area (Å²) >= 11 is 0. The second-order valence-electron chi connectivity index (χ2n) is 6.77. The smallest absolute Gasteiger partial charge is 0.255 e. The molecule has 0 aliphatic heterocycles. The van der Waals surface area contributed by atoms with E-state index in [9.17, 15) is 17.6 Å². The molecule has 0 saturated heterocycles. The normalized spacial score (nSPS) is 11.4. The van der Waals surface area contributed by atoms with Crippen LogP contribution >= 0.6 is 0 Å². The molecule has 8 heteroatoms. The van der Waals surface area contributed by atoms with E-state index in [0.717, 1.165) is 5.56 Å². The zero-order valence-corrected chi connectivity index (χ0v) is 18.0. The number of amides is 1. The molecule has 0 radical (unpaired) electrons. The molecule has 0 fully saturated rings. The van der Waals surface area contributed by atoms with Gasteiger partial charge in [-0.15, -0.1) is 0 Å². The molecule has 1 amide bonds. The molecule has 0 spiro atoms. The third kappa shape index (κ3) is 5.48. The van der Waals surface area contributed by atoms with Gasteiger partial charge in [0.25, 0.3) is 5.91 Å². The lowest BCUT2D eigenvalue weighted by molar-refractivity contribution is 0.102. The van der Waals surface area contributed by atoms with Crippen LogP contribution in [0.3, 0.4) is 0 Å². The minimum atomic E-state index is -3.68. The summed E-state index contributed by atoms with van der Waals surface area (Å²) in [7, 11) is -2.16. The number of hydrogen-bond donors (Lipinski definition) is 1. The first-order valence-electron chi connectivity index (χ1n) is 9.63. The number of carbonyl (C=O) groups is 1. The molecule has 3 rings (SSSR count). The van der Waals surface area contributed by atoms with Crippen molar-refractivity contribution in [2.24, 2.45) is 0 Å². The number of rotatable bonds is 8. The highest BCUT2D eigenvalue weighted by Crippen LogP contribution is 2.21. The van der Waals surface area contributed by atoms with Crippen LogP contribution in [-0.2, 0) is 16.6 Å². The summed E-state index contributed by atoms with van der Waals surface area (Å²) in [6.45, 7) is 2.22. The first kappa shape index (κ1) is 22.5. The molecule has 0 heterocycles. The summed E-state index contributed by atoms with van der Waals surface area (Å²) in [6.07, 6.45) is 0. The number of benzene rings is 3. The molecule has 0 aliphatic carbocycles. The first-order chi connectivity index (χ1) is 14.8. The van der Waals surface area contributed by atoms with Crippen molar-refractivity contribution < 1.29 is 22.3 Å². The Balaban J connectivity index is 1.71. The molecule has 0 saturated carbocycles. The van der Waals surface area contributed by atoms with Crippen LogP contribution in [0, 0.1) is 5.82 Å². The van der Waals surface area contributed by atoms with Gasteiger partial charge in [0.05, 0.1) is 12.0 Å². The Morgan fingerprint density at radius 2 is 1.71 bits per heavy atom. The lowest BCUT2D eigenvalue weighted by Crippen LogP contribution is -2.30. The van der Waals surface area contributed by atoms with E-state index >= 15 is 0 Å². The quantitative estimate of drug-likeness (QED) is 0.565. The summed E-state index contributed by atoms with van der Waals surface area (Å²) in [5, 5.41) is 2.63. The van der Waals surface area contributed by atoms with Crippen LogP contribution in [0.25, 0.3) is 0 Å². The second-order valence-corrected chi connectivity index (χ2v) is 8.71. The Hall–Kier alpha value is -3.23. The molecule has 6 nitrogen and oxygen atoms in total. The number of ether oxygens (including phenoxy) is 1. The van der Waals surface area contributed by atoms with Gasteiger partial charge >= 0.3 is 0 Å². The number of hydrogen-bond acceptors (Lipinski definition) is 4. The summed E-state index contributed by atoms with van der Waals surface area (Å²) in [4.78, 5) is 12.5. The maximum Gasteiger partial charge on any atom is 0.255 e. The summed E-state index contributed by atoms with van der Waals surface area (Å²) < 4.78 is 45.6. The van der Waals surface area contributed by atoms with Crippen LogP contribution in [0.15, 0.2) is 77.7 Å². The maximum atomic E-state index is 13.3. The minimum absolute atomic E-state index is 0.163. The van der Waals surface area contributed by atoms with Crippen LogP contribution in [0.2, 0.25) is 0 Å². The molecule has 31 heavy (non-hydrogen) atoms. The zero-order valence-electron chi connectivity index (χ0n) is 17.2. The van der Waals surface area contributed by atoms with Crippen molar-refractivity contribution in [3.8, 4) is 5.75 Å². The second kappa shape index (κ2) is 9.72. The van der Waals surface area contributed by atoms with Crippen LogP contribution in [0.4, 0.5) is 10.1 Å². The Morgan fingerprint density at radius 3 is 2.29 bits per heavy atom. The van der Waals surface area contributed by atoms with E-state index in [-0.39, 0.29) is 23.9 Å². The minimum Gasteiger partial charge on any atom is -0.497 e. The van der Waals surface area contributed by atoms with E-state index in [1.807, 2.05) is 0 Å². The summed E-state index contributed by atoms with van der Waals surface area (Å²) in [5.41, 5.74) is 1.48. The van der Waals surface area contributed by atoms with Crippen molar-refractivity contribution in [3.63, 3.8) is 0 Å². The molecule has 1 N–H and O–H groups in total. The van der Waals surface area contributed by atoms with Crippen LogP contribution < -0.4 is 10.1 Å². The molecule has 0 bridgehead atoms. The fourth-order valence-corrected chi connectivity index (χ4v) is 4.44. The largest absolute Gasteiger partial charge is 0.497 e. The van der Waals surface area contributed by atoms with Gasteiger partial charge in [0.1, 0.15) is 11.6 Å². The Labute approximate surface area is 181 Å². The van der Waals surface area contributed by atoms with Gasteiger partial charge in [-0.25, -0.2) is 12.8 Å². The highest BCUT2D eigenvalue weighted by Gasteiger charge is 2.23. The predicted octanol–water partition coefficient (Wildman–Crippen LogP) is 4.30. The molecule has 3 aromatic rings. The fraction of sp³-hybridized carbons (Fsp3) is 0.174. The van der Waals surface area contributed by atoms with Gasteiger partial charge in [0, 0.05) is 24.3 Å². The molecule has 3 aromatic carbocycles. The zero-order chi connectivity index (χ0) is 22.4. The van der Waals surface area contributed by atoms with Gasteiger partial charge in [-0.3, -0.25) is 4.79 Å². The highest BCUT2D eigenvalue weighted by molar-refractivity contribution is 7.89. The monoisotopic (exact) mass is 442 g/mol. The molecule has 0 aromatic heterocycles. The molecular weight excluding hydrogens is 419 g/mol. The van der Waals surface area contributed by atoms with Crippen molar-refractivity contribution in [1.82, 2.24) is 4.31 Å². The summed E-state index contributed by atoms with van der Waals surface area (Å²) in [5.74, 6) is -0.240. The Morgan fingerprint density at radius 1 is 1.03 bits per heavy atom. The van der Waals surface area contributed by atoms with E-state index in [1.165, 1.54) is 41.7 Å². The van der Waals surface area contributed by atoms with Crippen LogP contribution in [-0.4, -0.2) is 32.3 Å². The Kier molecular flexibility index (Phi) is 7.04. The van der Waals surface area contributed by atoms with Crippen molar-refractivity contribution in [3.05, 3.63) is 89.7 Å². The van der Waals surface area contributed by atoms with Gasteiger partial charge in [-0.05, 0) is 60.2 Å². The SMILES string of the molecule is CCN(Cc1ccc(C(=O)Nc2cccc(F)c2)cc1)S(=O)(=O)c1ccc(OC)cc1. The van der Waals surface area contributed by atoms with Gasteiger partial charge in [-0.2, -0.15) is 4.31 Å². The number of sulfonamides is 1. The number of nitrogens with one attached hydrogen (secondary N) is 1. The molecule has 0 aliphatic rings. The predicted molar refractivity (Wildman–Crippen MR) is 117 cm³/mol. The van der Waals surface area contributed by atoms with Gasteiger partial charge in [0.2, 0.25) is 10.0 Å². The topological polar surface area (TPSA) is 75.7 Å². The number of halogens is 1. The van der Waals surface area contributed by atoms with Crippen molar-refractivity contribution in [2.45, 2.75) is 18.4 Å². The van der Waals surface area contributed by atoms with Crippen molar-refractivity contribution >= 4 is 21.6 Å². The Bertz CT molecular complexity index is 1150. The fourth-order valence-electron chi connectivity index (χ4n) is 3.00. The first-order valence-corrected chi connectivity index (χ1v) is 11.1. The van der Waals surface area contributed by atoms with Gasteiger partial charge in [-0.1, -0.05) is 25.1 Å². The summed E-state index contributed by atoms with van der Waals surface area (Å²) in [6, 6.07) is 18.5. The number of nitrogens with zero attached hydrogens (tertiary/aromatic N) is 1. The van der Waals surface area contributed by atoms with Gasteiger partial charge < -0.3 is 10.1 Å². The number of carbonyl (C=O) groups excluding carboxylic acids is 1. The molecule has 0 unspecified atom stereocenters. The average molecular weight is 443 g/mol. The lowest BCUT2D eigenvalue weighted by Gasteiger charge is -2.21. The van der Waals surface area contributed by atoms with Crippen molar-refractivity contribution in [2.75, 3.05) is 19.0 Å².